The van der Waals surface area contributed by atoms with Crippen molar-refractivity contribution in [2.75, 3.05) is 31.5 Å². The molecule has 0 spiro atoms. The van der Waals surface area contributed by atoms with Crippen LogP contribution in [0, 0.1) is 21.0 Å². The molecule has 0 radical (unpaired) electrons. The predicted octanol–water partition coefficient (Wildman–Crippen LogP) is 3.61. The van der Waals surface area contributed by atoms with E-state index in [0.717, 1.165) is 19.0 Å². The third-order valence-electron chi connectivity index (χ3n) is 4.72. The third-order valence-corrected chi connectivity index (χ3v) is 5.39. The van der Waals surface area contributed by atoms with Crippen LogP contribution >= 0.6 is 22.6 Å². The molecule has 2 aromatic rings. The van der Waals surface area contributed by atoms with Crippen molar-refractivity contribution in [3.8, 4) is 0 Å². The number of anilines is 2. The first-order valence-corrected chi connectivity index (χ1v) is 10.3. The minimum Gasteiger partial charge on any atom is -0.350 e. The largest absolute Gasteiger partial charge is 0.350 e. The molecule has 0 aromatic heterocycles. The molecule has 3 rings (SSSR count). The Balaban J connectivity index is 1.81. The number of nitrogens with one attached hydrogen (secondary N) is 2. The number of carbonyl (C=O) groups is 1. The van der Waals surface area contributed by atoms with Gasteiger partial charge in [0.2, 0.25) is 0 Å². The van der Waals surface area contributed by atoms with Gasteiger partial charge in [-0.3, -0.25) is 4.79 Å². The van der Waals surface area contributed by atoms with Gasteiger partial charge in [-0.1, -0.05) is 6.92 Å². The Hall–Kier alpha value is -1.85. The number of likely N-dealkylation sites (tertiary alicyclic amines) is 1. The zero-order valence-electron chi connectivity index (χ0n) is 15.9. The molecule has 1 aliphatic heterocycles. The first kappa shape index (κ1) is 21.8. The number of rotatable bonds is 7. The molecule has 1 saturated heterocycles. The van der Waals surface area contributed by atoms with E-state index in [-0.39, 0.29) is 11.3 Å². The summed E-state index contributed by atoms with van der Waals surface area (Å²) >= 11 is 1.94. The van der Waals surface area contributed by atoms with Gasteiger partial charge in [0.15, 0.2) is 11.6 Å². The molecule has 1 heterocycles. The normalized spacial score (nSPS) is 15.2. The summed E-state index contributed by atoms with van der Waals surface area (Å²) in [5.74, 6) is -3.49. The van der Waals surface area contributed by atoms with E-state index in [0.29, 0.717) is 23.2 Å². The molecule has 0 saturated carbocycles. The number of carbonyl (C=O) groups excluding carboxylic acids is 1. The van der Waals surface area contributed by atoms with Crippen LogP contribution in [-0.2, 0) is 0 Å². The maximum absolute atomic E-state index is 14.5. The molecular weight excluding hydrogens is 496 g/mol. The van der Waals surface area contributed by atoms with E-state index < -0.39 is 34.6 Å². The van der Waals surface area contributed by atoms with Gasteiger partial charge in [-0.15, -0.1) is 0 Å². The molecule has 0 bridgehead atoms. The van der Waals surface area contributed by atoms with Crippen molar-refractivity contribution in [1.82, 2.24) is 10.2 Å². The van der Waals surface area contributed by atoms with E-state index in [1.165, 1.54) is 23.1 Å². The van der Waals surface area contributed by atoms with Crippen LogP contribution in [0.2, 0.25) is 0 Å². The van der Waals surface area contributed by atoms with Crippen molar-refractivity contribution in [1.29, 1.82) is 0 Å². The number of nitrogens with two attached hydrogens (primary N) is 1. The molecule has 0 aliphatic carbocycles. The number of halogens is 4. The van der Waals surface area contributed by atoms with Gasteiger partial charge in [-0.05, 0) is 65.9 Å². The van der Waals surface area contributed by atoms with Gasteiger partial charge in [-0.2, -0.15) is 0 Å². The van der Waals surface area contributed by atoms with Crippen molar-refractivity contribution >= 4 is 39.9 Å². The lowest BCUT2D eigenvalue weighted by atomic mass is 9.90. The van der Waals surface area contributed by atoms with Crippen molar-refractivity contribution < 1.29 is 18.0 Å². The summed E-state index contributed by atoms with van der Waals surface area (Å²) in [5.41, 5.74) is 5.16. The number of hydrogen-bond acceptors (Lipinski definition) is 4. The summed E-state index contributed by atoms with van der Waals surface area (Å²) < 4.78 is 43.2. The third kappa shape index (κ3) is 4.84. The summed E-state index contributed by atoms with van der Waals surface area (Å²) in [6.45, 7) is 4.01. The quantitative estimate of drug-likeness (QED) is 0.387. The van der Waals surface area contributed by atoms with Crippen LogP contribution in [0.4, 0.5) is 24.5 Å². The lowest BCUT2D eigenvalue weighted by molar-refractivity contribution is 0.0412. The molecule has 2 aromatic carbocycles. The summed E-state index contributed by atoms with van der Waals surface area (Å²) in [7, 11) is 0. The lowest BCUT2D eigenvalue weighted by Crippen LogP contribution is -2.72. The number of nitrogens with zero attached hydrogens (tertiary/aromatic N) is 1. The van der Waals surface area contributed by atoms with Gasteiger partial charge in [0.05, 0.1) is 22.5 Å². The van der Waals surface area contributed by atoms with Crippen LogP contribution in [0.5, 0.6) is 0 Å². The second kappa shape index (κ2) is 8.88. The highest BCUT2D eigenvalue weighted by Gasteiger charge is 2.42. The Morgan fingerprint density at radius 3 is 2.59 bits per heavy atom. The number of hydrogen-bond donors (Lipinski definition) is 3. The maximum Gasteiger partial charge on any atom is 0.256 e. The number of amides is 1. The Morgan fingerprint density at radius 2 is 1.93 bits per heavy atom. The minimum atomic E-state index is -1.24. The first-order chi connectivity index (χ1) is 13.7. The van der Waals surface area contributed by atoms with Gasteiger partial charge in [0.25, 0.3) is 5.91 Å². The smallest absolute Gasteiger partial charge is 0.256 e. The maximum atomic E-state index is 14.5. The Morgan fingerprint density at radius 1 is 1.21 bits per heavy atom. The standard InChI is InChI=1S/C20H22F3IN4O/c1-2-7-26-9-20(25)10-28(11-20)19(29)13-4-5-14(21)17(23)18(13)27-16-6-3-12(24)8-15(16)22/h3-6,8,26-27H,2,7,9-11,25H2,1H3. The van der Waals surface area contributed by atoms with Crippen LogP contribution in [0.1, 0.15) is 23.7 Å². The highest BCUT2D eigenvalue weighted by atomic mass is 127. The summed E-state index contributed by atoms with van der Waals surface area (Å²) in [4.78, 5) is 14.4. The van der Waals surface area contributed by atoms with Gasteiger partial charge < -0.3 is 21.3 Å². The van der Waals surface area contributed by atoms with Crippen molar-refractivity contribution in [2.45, 2.75) is 18.9 Å². The van der Waals surface area contributed by atoms with Crippen LogP contribution in [0.3, 0.4) is 0 Å². The van der Waals surface area contributed by atoms with Crippen molar-refractivity contribution in [2.24, 2.45) is 5.73 Å². The van der Waals surface area contributed by atoms with E-state index in [1.807, 2.05) is 29.5 Å². The van der Waals surface area contributed by atoms with Gasteiger partial charge in [0, 0.05) is 23.2 Å². The van der Waals surface area contributed by atoms with E-state index >= 15 is 0 Å². The van der Waals surface area contributed by atoms with Gasteiger partial charge >= 0.3 is 0 Å². The molecule has 1 fully saturated rings. The molecule has 156 valence electrons. The minimum absolute atomic E-state index is 0.0514. The molecule has 1 amide bonds. The monoisotopic (exact) mass is 518 g/mol. The molecule has 0 unspecified atom stereocenters. The lowest BCUT2D eigenvalue weighted by Gasteiger charge is -2.48. The van der Waals surface area contributed by atoms with Crippen molar-refractivity contribution in [3.63, 3.8) is 0 Å². The molecular formula is C20H22F3IN4O. The second-order valence-electron chi connectivity index (χ2n) is 7.23. The molecule has 29 heavy (non-hydrogen) atoms. The van der Waals surface area contributed by atoms with Crippen LogP contribution in [0.15, 0.2) is 30.3 Å². The molecule has 9 heteroatoms. The summed E-state index contributed by atoms with van der Waals surface area (Å²) in [6, 6.07) is 6.36. The van der Waals surface area contributed by atoms with Crippen LogP contribution in [-0.4, -0.2) is 42.5 Å². The van der Waals surface area contributed by atoms with E-state index in [1.54, 1.807) is 6.07 Å². The Labute approximate surface area is 181 Å². The fraction of sp³-hybridized carbons (Fsp3) is 0.350. The second-order valence-corrected chi connectivity index (χ2v) is 8.48. The van der Waals surface area contributed by atoms with E-state index in [2.05, 4.69) is 10.6 Å². The van der Waals surface area contributed by atoms with Crippen LogP contribution < -0.4 is 16.4 Å². The highest BCUT2D eigenvalue weighted by Crippen LogP contribution is 2.31. The fourth-order valence-corrected chi connectivity index (χ4v) is 3.68. The highest BCUT2D eigenvalue weighted by molar-refractivity contribution is 14.1. The van der Waals surface area contributed by atoms with Crippen LogP contribution in [0.25, 0.3) is 0 Å². The number of benzene rings is 2. The zero-order chi connectivity index (χ0) is 21.2. The molecule has 0 atom stereocenters. The van der Waals surface area contributed by atoms with Gasteiger partial charge in [0.1, 0.15) is 5.82 Å². The van der Waals surface area contributed by atoms with Gasteiger partial charge in [-0.25, -0.2) is 13.2 Å². The SMILES string of the molecule is CCCNCC1(N)CN(C(=O)c2ccc(F)c(F)c2Nc2ccc(I)cc2F)C1. The topological polar surface area (TPSA) is 70.4 Å². The average molecular weight is 518 g/mol. The molecule has 4 N–H and O–H groups in total. The molecule has 1 aliphatic rings. The fourth-order valence-electron chi connectivity index (χ4n) is 3.23. The van der Waals surface area contributed by atoms with E-state index in [9.17, 15) is 18.0 Å². The van der Waals surface area contributed by atoms with E-state index in [4.69, 9.17) is 5.73 Å². The zero-order valence-corrected chi connectivity index (χ0v) is 18.0. The predicted molar refractivity (Wildman–Crippen MR) is 115 cm³/mol. The summed E-state index contributed by atoms with van der Waals surface area (Å²) in [5, 5.41) is 5.76. The Kier molecular flexibility index (Phi) is 6.69. The average Bonchev–Trinajstić information content (AvgIpc) is 2.65. The Bertz CT molecular complexity index is 919. The first-order valence-electron chi connectivity index (χ1n) is 9.23. The molecule has 5 nitrogen and oxygen atoms in total. The summed E-state index contributed by atoms with van der Waals surface area (Å²) in [6.07, 6.45) is 0.970. The van der Waals surface area contributed by atoms with Crippen molar-refractivity contribution in [3.05, 3.63) is 56.9 Å².